The number of carbonyl (C=O) groups excluding carboxylic acids is 1. The smallest absolute Gasteiger partial charge is 0.252 e. The zero-order valence-corrected chi connectivity index (χ0v) is 10.2. The molecule has 5 heteroatoms. The van der Waals surface area contributed by atoms with Crippen molar-refractivity contribution in [3.63, 3.8) is 0 Å². The van der Waals surface area contributed by atoms with Gasteiger partial charge in [-0.1, -0.05) is 0 Å². The van der Waals surface area contributed by atoms with Gasteiger partial charge in [-0.05, 0) is 43.9 Å². The minimum absolute atomic E-state index is 0.443. The summed E-state index contributed by atoms with van der Waals surface area (Å²) in [5.41, 5.74) is 8.95. The Balaban J connectivity index is 2.21. The molecule has 0 aliphatic heterocycles. The Kier molecular flexibility index (Phi) is 2.40. The fraction of sp³-hybridized carbons (Fsp3) is 0.308. The first-order valence-corrected chi connectivity index (χ1v) is 6.00. The number of pyridine rings is 1. The van der Waals surface area contributed by atoms with Crippen molar-refractivity contribution in [1.29, 1.82) is 0 Å². The molecule has 0 unspecified atom stereocenters. The summed E-state index contributed by atoms with van der Waals surface area (Å²) in [5, 5.41) is 4.30. The normalized spacial score (nSPS) is 13.6. The molecule has 0 bridgehead atoms. The van der Waals surface area contributed by atoms with Gasteiger partial charge in [0.15, 0.2) is 5.82 Å². The van der Waals surface area contributed by atoms with E-state index in [0.717, 1.165) is 36.2 Å². The summed E-state index contributed by atoms with van der Waals surface area (Å²) in [6, 6.07) is 3.74. The van der Waals surface area contributed by atoms with Crippen molar-refractivity contribution in [3.8, 4) is 5.82 Å². The van der Waals surface area contributed by atoms with Crippen LogP contribution in [0.5, 0.6) is 0 Å². The standard InChI is InChI=1S/C13H14N4O/c1-8-5-6-17(16-8)13-10(12(14)18)7-9-3-2-4-11(9)15-13/h5-7H,2-4H2,1H3,(H2,14,18). The van der Waals surface area contributed by atoms with Crippen LogP contribution in [0.25, 0.3) is 5.82 Å². The van der Waals surface area contributed by atoms with E-state index in [-0.39, 0.29) is 0 Å². The van der Waals surface area contributed by atoms with Crippen LogP contribution in [0.2, 0.25) is 0 Å². The summed E-state index contributed by atoms with van der Waals surface area (Å²) < 4.78 is 1.62. The van der Waals surface area contributed by atoms with Gasteiger partial charge < -0.3 is 5.73 Å². The summed E-state index contributed by atoms with van der Waals surface area (Å²) in [4.78, 5) is 16.1. The lowest BCUT2D eigenvalue weighted by atomic mass is 10.1. The minimum atomic E-state index is -0.458. The van der Waals surface area contributed by atoms with E-state index in [9.17, 15) is 4.79 Å². The van der Waals surface area contributed by atoms with Gasteiger partial charge in [-0.25, -0.2) is 9.67 Å². The van der Waals surface area contributed by atoms with Crippen LogP contribution in [0.4, 0.5) is 0 Å². The Bertz CT molecular complexity index is 630. The van der Waals surface area contributed by atoms with E-state index >= 15 is 0 Å². The van der Waals surface area contributed by atoms with Gasteiger partial charge in [0.1, 0.15) is 0 Å². The van der Waals surface area contributed by atoms with Crippen LogP contribution in [0, 0.1) is 6.92 Å². The maximum atomic E-state index is 11.5. The van der Waals surface area contributed by atoms with E-state index in [1.807, 2.05) is 19.1 Å². The van der Waals surface area contributed by atoms with Crippen LogP contribution in [-0.4, -0.2) is 20.7 Å². The first-order valence-electron chi connectivity index (χ1n) is 6.00. The lowest BCUT2D eigenvalue weighted by Crippen LogP contribution is -2.17. The molecule has 1 amide bonds. The molecular weight excluding hydrogens is 228 g/mol. The Morgan fingerprint density at radius 1 is 1.44 bits per heavy atom. The van der Waals surface area contributed by atoms with Crippen LogP contribution >= 0.6 is 0 Å². The SMILES string of the molecule is Cc1ccn(-c2nc3c(cc2C(N)=O)CCC3)n1. The zero-order valence-electron chi connectivity index (χ0n) is 10.2. The summed E-state index contributed by atoms with van der Waals surface area (Å²) in [6.07, 6.45) is 4.82. The summed E-state index contributed by atoms with van der Waals surface area (Å²) in [6.45, 7) is 1.90. The van der Waals surface area contributed by atoms with E-state index in [4.69, 9.17) is 5.73 Å². The molecule has 2 aromatic heterocycles. The minimum Gasteiger partial charge on any atom is -0.365 e. The van der Waals surface area contributed by atoms with Gasteiger partial charge in [-0.2, -0.15) is 5.10 Å². The lowest BCUT2D eigenvalue weighted by Gasteiger charge is -2.09. The van der Waals surface area contributed by atoms with Gasteiger partial charge >= 0.3 is 0 Å². The quantitative estimate of drug-likeness (QED) is 0.858. The molecule has 5 nitrogen and oxygen atoms in total. The largest absolute Gasteiger partial charge is 0.365 e. The number of aromatic nitrogens is 3. The number of carbonyl (C=O) groups is 1. The molecule has 1 aliphatic carbocycles. The average molecular weight is 242 g/mol. The van der Waals surface area contributed by atoms with Crippen LogP contribution < -0.4 is 5.73 Å². The highest BCUT2D eigenvalue weighted by Gasteiger charge is 2.20. The van der Waals surface area contributed by atoms with Gasteiger partial charge in [0.25, 0.3) is 5.91 Å². The van der Waals surface area contributed by atoms with E-state index in [2.05, 4.69) is 10.1 Å². The topological polar surface area (TPSA) is 73.8 Å². The molecule has 2 aromatic rings. The van der Waals surface area contributed by atoms with Gasteiger partial charge in [0, 0.05) is 11.9 Å². The Labute approximate surface area is 105 Å². The molecule has 18 heavy (non-hydrogen) atoms. The summed E-state index contributed by atoms with van der Waals surface area (Å²) >= 11 is 0. The fourth-order valence-electron chi connectivity index (χ4n) is 2.35. The third kappa shape index (κ3) is 1.68. The van der Waals surface area contributed by atoms with Crippen LogP contribution in [0.3, 0.4) is 0 Å². The van der Waals surface area contributed by atoms with E-state index in [1.54, 1.807) is 10.9 Å². The number of aryl methyl sites for hydroxylation is 3. The zero-order chi connectivity index (χ0) is 12.7. The number of hydrogen-bond donors (Lipinski definition) is 1. The second-order valence-electron chi connectivity index (χ2n) is 4.58. The number of hydrogen-bond acceptors (Lipinski definition) is 3. The molecule has 2 heterocycles. The molecule has 92 valence electrons. The molecule has 0 atom stereocenters. The Morgan fingerprint density at radius 3 is 2.94 bits per heavy atom. The van der Waals surface area contributed by atoms with Crippen molar-refractivity contribution >= 4 is 5.91 Å². The third-order valence-electron chi connectivity index (χ3n) is 3.24. The van der Waals surface area contributed by atoms with Crippen molar-refractivity contribution < 1.29 is 4.79 Å². The van der Waals surface area contributed by atoms with Crippen molar-refractivity contribution in [3.05, 3.63) is 40.8 Å². The molecule has 2 N–H and O–H groups in total. The molecule has 0 spiro atoms. The maximum Gasteiger partial charge on any atom is 0.252 e. The molecule has 0 aromatic carbocycles. The molecular formula is C13H14N4O. The second-order valence-corrected chi connectivity index (χ2v) is 4.58. The van der Waals surface area contributed by atoms with Gasteiger partial charge in [-0.3, -0.25) is 4.79 Å². The Morgan fingerprint density at radius 2 is 2.28 bits per heavy atom. The van der Waals surface area contributed by atoms with Crippen LogP contribution in [0.15, 0.2) is 18.3 Å². The van der Waals surface area contributed by atoms with Crippen molar-refractivity contribution in [2.45, 2.75) is 26.2 Å². The summed E-state index contributed by atoms with van der Waals surface area (Å²) in [7, 11) is 0. The van der Waals surface area contributed by atoms with E-state index in [0.29, 0.717) is 11.4 Å². The highest BCUT2D eigenvalue weighted by atomic mass is 16.1. The van der Waals surface area contributed by atoms with Gasteiger partial charge in [0.05, 0.1) is 11.3 Å². The van der Waals surface area contributed by atoms with Gasteiger partial charge in [0.2, 0.25) is 0 Å². The van der Waals surface area contributed by atoms with Gasteiger partial charge in [-0.15, -0.1) is 0 Å². The number of amides is 1. The highest BCUT2D eigenvalue weighted by Crippen LogP contribution is 2.24. The molecule has 3 rings (SSSR count). The number of fused-ring (bicyclic) bond motifs is 1. The average Bonchev–Trinajstić information content (AvgIpc) is 2.94. The highest BCUT2D eigenvalue weighted by molar-refractivity contribution is 5.96. The first kappa shape index (κ1) is 11.0. The number of nitrogens with zero attached hydrogens (tertiary/aromatic N) is 3. The van der Waals surface area contributed by atoms with Crippen LogP contribution in [-0.2, 0) is 12.8 Å². The monoisotopic (exact) mass is 242 g/mol. The van der Waals surface area contributed by atoms with E-state index < -0.39 is 5.91 Å². The van der Waals surface area contributed by atoms with Crippen LogP contribution in [0.1, 0.15) is 33.7 Å². The second kappa shape index (κ2) is 3.94. The number of rotatable bonds is 2. The summed E-state index contributed by atoms with van der Waals surface area (Å²) in [5.74, 6) is 0.0802. The van der Waals surface area contributed by atoms with Crippen molar-refractivity contribution in [2.24, 2.45) is 5.73 Å². The Hall–Kier alpha value is -2.17. The first-order chi connectivity index (χ1) is 8.65. The molecule has 0 radical (unpaired) electrons. The van der Waals surface area contributed by atoms with Crippen molar-refractivity contribution in [2.75, 3.05) is 0 Å². The van der Waals surface area contributed by atoms with E-state index in [1.165, 1.54) is 0 Å². The molecule has 0 saturated heterocycles. The molecule has 1 aliphatic rings. The van der Waals surface area contributed by atoms with Crippen molar-refractivity contribution in [1.82, 2.24) is 14.8 Å². The predicted molar refractivity (Wildman–Crippen MR) is 66.6 cm³/mol. The number of primary amides is 1. The maximum absolute atomic E-state index is 11.5. The molecule has 0 saturated carbocycles. The predicted octanol–water partition coefficient (Wildman–Crippen LogP) is 1.16. The fourth-order valence-corrected chi connectivity index (χ4v) is 2.35. The number of nitrogens with two attached hydrogens (primary N) is 1. The molecule has 0 fully saturated rings. The lowest BCUT2D eigenvalue weighted by molar-refractivity contribution is 0.0999. The third-order valence-corrected chi connectivity index (χ3v) is 3.24.